The molecule has 8 heteroatoms. The number of hydrogen-bond donors (Lipinski definition) is 1. The smallest absolute Gasteiger partial charge is 0.356 e. The first-order valence-corrected chi connectivity index (χ1v) is 8.66. The lowest BCUT2D eigenvalue weighted by Gasteiger charge is -2.22. The molecular weight excluding hydrogens is 349 g/mol. The lowest BCUT2D eigenvalue weighted by Crippen LogP contribution is -2.39. The summed E-state index contributed by atoms with van der Waals surface area (Å²) in [7, 11) is 3.60. The van der Waals surface area contributed by atoms with Crippen molar-refractivity contribution in [1.82, 2.24) is 15.2 Å². The summed E-state index contributed by atoms with van der Waals surface area (Å²) in [6.07, 6.45) is -3.97. The first-order chi connectivity index (χ1) is 11.8. The van der Waals surface area contributed by atoms with Gasteiger partial charge in [0.1, 0.15) is 0 Å². The van der Waals surface area contributed by atoms with Crippen molar-refractivity contribution in [3.8, 4) is 0 Å². The molecule has 0 radical (unpaired) electrons. The van der Waals surface area contributed by atoms with Crippen molar-refractivity contribution in [3.05, 3.63) is 51.5 Å². The third-order valence-corrected chi connectivity index (χ3v) is 4.49. The number of rotatable bonds is 5. The molecule has 0 unspecified atom stereocenters. The zero-order valence-electron chi connectivity index (χ0n) is 14.4. The molecule has 0 aliphatic carbocycles. The molecule has 1 aromatic carbocycles. The van der Waals surface area contributed by atoms with Gasteiger partial charge in [-0.1, -0.05) is 29.8 Å². The van der Waals surface area contributed by atoms with E-state index < -0.39 is 11.9 Å². The average molecular weight is 370 g/mol. The number of benzene rings is 1. The predicted octanol–water partition coefficient (Wildman–Crippen LogP) is 3.72. The maximum Gasteiger partial charge on any atom is 0.434 e. The van der Waals surface area contributed by atoms with Gasteiger partial charge in [-0.3, -0.25) is 4.99 Å². The number of aliphatic imine (C=N–C) groups is 1. The number of halogens is 3. The van der Waals surface area contributed by atoms with E-state index in [1.807, 2.05) is 18.9 Å². The van der Waals surface area contributed by atoms with Gasteiger partial charge < -0.3 is 10.2 Å². The fourth-order valence-electron chi connectivity index (χ4n) is 2.26. The molecule has 2 rings (SSSR count). The van der Waals surface area contributed by atoms with E-state index in [0.29, 0.717) is 30.5 Å². The Morgan fingerprint density at radius 2 is 1.96 bits per heavy atom. The highest BCUT2D eigenvalue weighted by Crippen LogP contribution is 2.29. The molecule has 0 fully saturated rings. The van der Waals surface area contributed by atoms with Gasteiger partial charge in [0.2, 0.25) is 0 Å². The minimum atomic E-state index is -4.38. The molecule has 0 atom stereocenters. The van der Waals surface area contributed by atoms with Crippen LogP contribution in [0.3, 0.4) is 0 Å². The summed E-state index contributed by atoms with van der Waals surface area (Å²) in [5, 5.41) is 4.66. The Bertz CT molecular complexity index is 707. The number of aryl methyl sites for hydroxylation is 1. The van der Waals surface area contributed by atoms with Crippen molar-refractivity contribution in [2.45, 2.75) is 26.1 Å². The van der Waals surface area contributed by atoms with Crippen LogP contribution in [0.25, 0.3) is 0 Å². The molecular formula is C17H21F3N4S. The van der Waals surface area contributed by atoms with E-state index in [-0.39, 0.29) is 0 Å². The van der Waals surface area contributed by atoms with E-state index in [0.717, 1.165) is 22.3 Å². The van der Waals surface area contributed by atoms with E-state index in [1.54, 1.807) is 7.05 Å². The Labute approximate surface area is 149 Å². The van der Waals surface area contributed by atoms with Crippen molar-refractivity contribution in [2.24, 2.45) is 4.99 Å². The zero-order valence-corrected chi connectivity index (χ0v) is 15.2. The fourth-order valence-corrected chi connectivity index (χ4v) is 3.07. The molecule has 0 saturated carbocycles. The van der Waals surface area contributed by atoms with Gasteiger partial charge in [-0.05, 0) is 12.5 Å². The molecule has 1 aromatic heterocycles. The number of thiazole rings is 1. The Kier molecular flexibility index (Phi) is 6.41. The number of nitrogens with zero attached hydrogens (tertiary/aromatic N) is 3. The van der Waals surface area contributed by atoms with Crippen LogP contribution in [0.5, 0.6) is 0 Å². The van der Waals surface area contributed by atoms with Gasteiger partial charge in [-0.2, -0.15) is 13.2 Å². The van der Waals surface area contributed by atoms with Crippen molar-refractivity contribution < 1.29 is 13.2 Å². The highest BCUT2D eigenvalue weighted by Gasteiger charge is 2.33. The van der Waals surface area contributed by atoms with Crippen LogP contribution in [0, 0.1) is 6.92 Å². The summed E-state index contributed by atoms with van der Waals surface area (Å²) in [5.74, 6) is 0.688. The van der Waals surface area contributed by atoms with Crippen LogP contribution in [0.1, 0.15) is 21.8 Å². The number of nitrogens with one attached hydrogen (secondary N) is 1. The van der Waals surface area contributed by atoms with E-state index in [4.69, 9.17) is 0 Å². The molecule has 0 spiro atoms. The fraction of sp³-hybridized carbons (Fsp3) is 0.412. The normalized spacial score (nSPS) is 12.3. The van der Waals surface area contributed by atoms with Gasteiger partial charge in [-0.15, -0.1) is 11.3 Å². The first-order valence-electron chi connectivity index (χ1n) is 7.78. The summed E-state index contributed by atoms with van der Waals surface area (Å²) < 4.78 is 37.6. The van der Waals surface area contributed by atoms with Crippen LogP contribution in [-0.4, -0.2) is 36.5 Å². The molecule has 0 bridgehead atoms. The highest BCUT2D eigenvalue weighted by atomic mass is 32.1. The first kappa shape index (κ1) is 19.2. The van der Waals surface area contributed by atoms with Crippen LogP contribution < -0.4 is 5.32 Å². The summed E-state index contributed by atoms with van der Waals surface area (Å²) in [4.78, 5) is 9.80. The minimum Gasteiger partial charge on any atom is -0.356 e. The number of hydrogen-bond acceptors (Lipinski definition) is 3. The van der Waals surface area contributed by atoms with Gasteiger partial charge in [0.15, 0.2) is 11.7 Å². The quantitative estimate of drug-likeness (QED) is 0.644. The average Bonchev–Trinajstić information content (AvgIpc) is 3.03. The lowest BCUT2D eigenvalue weighted by atomic mass is 10.1. The molecule has 1 heterocycles. The zero-order chi connectivity index (χ0) is 18.4. The van der Waals surface area contributed by atoms with E-state index in [9.17, 15) is 13.2 Å². The summed E-state index contributed by atoms with van der Waals surface area (Å²) in [6, 6.07) is 8.24. The number of aromatic nitrogens is 1. The standard InChI is InChI=1S/C17H21F3N4S/c1-12-4-6-13(7-5-12)10-24(3)16(21-2)22-9-8-15-23-14(11-25-15)17(18,19)20/h4-7,11H,8-10H2,1-3H3,(H,21,22). The van der Waals surface area contributed by atoms with E-state index in [2.05, 4.69) is 39.6 Å². The summed E-state index contributed by atoms with van der Waals surface area (Å²) >= 11 is 1.02. The number of alkyl halides is 3. The molecule has 1 N–H and O–H groups in total. The SMILES string of the molecule is CN=C(NCCc1nc(C(F)(F)F)cs1)N(C)Cc1ccc(C)cc1. The largest absolute Gasteiger partial charge is 0.434 e. The Morgan fingerprint density at radius 3 is 2.52 bits per heavy atom. The van der Waals surface area contributed by atoms with Crippen LogP contribution in [0.4, 0.5) is 13.2 Å². The molecule has 0 aliphatic rings. The number of guanidine groups is 1. The second kappa shape index (κ2) is 8.33. The van der Waals surface area contributed by atoms with Crippen LogP contribution in [-0.2, 0) is 19.1 Å². The monoisotopic (exact) mass is 370 g/mol. The van der Waals surface area contributed by atoms with Gasteiger partial charge in [-0.25, -0.2) is 4.98 Å². The van der Waals surface area contributed by atoms with Crippen LogP contribution in [0.15, 0.2) is 34.6 Å². The molecule has 2 aromatic rings. The highest BCUT2D eigenvalue weighted by molar-refractivity contribution is 7.09. The lowest BCUT2D eigenvalue weighted by molar-refractivity contribution is -0.140. The third kappa shape index (κ3) is 5.74. The summed E-state index contributed by atoms with van der Waals surface area (Å²) in [5.41, 5.74) is 1.54. The van der Waals surface area contributed by atoms with Gasteiger partial charge in [0.05, 0.1) is 5.01 Å². The topological polar surface area (TPSA) is 40.5 Å². The Hall–Kier alpha value is -2.09. The van der Waals surface area contributed by atoms with Crippen molar-refractivity contribution in [3.63, 3.8) is 0 Å². The minimum absolute atomic E-state index is 0.415. The molecule has 0 saturated heterocycles. The van der Waals surface area contributed by atoms with Gasteiger partial charge in [0, 0.05) is 39.0 Å². The molecule has 0 amide bonds. The summed E-state index contributed by atoms with van der Waals surface area (Å²) in [6.45, 7) is 3.20. The van der Waals surface area contributed by atoms with Gasteiger partial charge in [0.25, 0.3) is 0 Å². The molecule has 0 aliphatic heterocycles. The predicted molar refractivity (Wildman–Crippen MR) is 94.8 cm³/mol. The molecule has 4 nitrogen and oxygen atoms in total. The third-order valence-electron chi connectivity index (χ3n) is 3.58. The maximum absolute atomic E-state index is 12.5. The second-order valence-corrected chi connectivity index (χ2v) is 6.63. The molecule has 25 heavy (non-hydrogen) atoms. The van der Waals surface area contributed by atoms with Crippen molar-refractivity contribution in [1.29, 1.82) is 0 Å². The molecule has 136 valence electrons. The van der Waals surface area contributed by atoms with Gasteiger partial charge >= 0.3 is 6.18 Å². The van der Waals surface area contributed by atoms with E-state index in [1.165, 1.54) is 5.56 Å². The van der Waals surface area contributed by atoms with Crippen molar-refractivity contribution >= 4 is 17.3 Å². The Morgan fingerprint density at radius 1 is 1.28 bits per heavy atom. The van der Waals surface area contributed by atoms with Crippen molar-refractivity contribution in [2.75, 3.05) is 20.6 Å². The van der Waals surface area contributed by atoms with Crippen LogP contribution in [0.2, 0.25) is 0 Å². The Balaban J connectivity index is 1.85. The maximum atomic E-state index is 12.5. The van der Waals surface area contributed by atoms with Crippen LogP contribution >= 0.6 is 11.3 Å². The van der Waals surface area contributed by atoms with E-state index >= 15 is 0 Å². The second-order valence-electron chi connectivity index (χ2n) is 5.69.